The largest absolute Gasteiger partial charge is 0.462 e. The van der Waals surface area contributed by atoms with Crippen molar-refractivity contribution in [3.8, 4) is 0 Å². The lowest BCUT2D eigenvalue weighted by atomic mass is 9.81. The zero-order chi connectivity index (χ0) is 61.5. The first kappa shape index (κ1) is 69.8. The van der Waals surface area contributed by atoms with Crippen molar-refractivity contribution in [1.29, 1.82) is 0 Å². The molecule has 5 rings (SSSR count). The minimum absolute atomic E-state index is 0.143. The van der Waals surface area contributed by atoms with E-state index in [1.807, 2.05) is 0 Å². The summed E-state index contributed by atoms with van der Waals surface area (Å²) in [7, 11) is 0. The lowest BCUT2D eigenvalue weighted by Gasteiger charge is -2.46. The summed E-state index contributed by atoms with van der Waals surface area (Å²) in [6.07, 6.45) is 6.63. The molecule has 0 atom stereocenters. The standard InChI is InChI=1S/C64H118N8O10/c1-55(2)35-45(36-56(3,4)65-55)78-50(73)21-26-70(27-22-51(74)79-46-37-57(5,6)66-58(7,8)38-46)31-33-72(30-25-54(77)82-49-43-63(17,18)69-64(19,20)44-49)34-32-71(28-23-52(75)80-47-39-59(9,10)67-60(11,12)40-47)29-24-53(76)81-48-41-61(13,14)68-62(15,16)42-48/h45-49,65-69H,21-44H2,1-20H3. The Kier molecular flexibility index (Phi) is 23.3. The molecule has 5 saturated heterocycles. The number of piperidine rings is 5. The van der Waals surface area contributed by atoms with Crippen molar-refractivity contribution in [3.05, 3.63) is 0 Å². The molecule has 5 N–H and O–H groups in total. The van der Waals surface area contributed by atoms with E-state index in [0.29, 0.717) is 123 Å². The van der Waals surface area contributed by atoms with Crippen LogP contribution in [0.4, 0.5) is 0 Å². The summed E-state index contributed by atoms with van der Waals surface area (Å²) in [4.78, 5) is 75.4. The molecule has 0 aromatic carbocycles. The first-order valence-corrected chi connectivity index (χ1v) is 31.5. The van der Waals surface area contributed by atoms with Crippen LogP contribution in [0.1, 0.15) is 235 Å². The second-order valence-corrected chi connectivity index (χ2v) is 32.3. The van der Waals surface area contributed by atoms with Gasteiger partial charge in [0.15, 0.2) is 0 Å². The quantitative estimate of drug-likeness (QED) is 0.0410. The summed E-state index contributed by atoms with van der Waals surface area (Å²) < 4.78 is 30.9. The smallest absolute Gasteiger partial charge is 0.307 e. The molecule has 5 aliphatic rings. The predicted octanol–water partition coefficient (Wildman–Crippen LogP) is 8.10. The Morgan fingerprint density at radius 1 is 0.256 bits per heavy atom. The molecule has 18 nitrogen and oxygen atoms in total. The Morgan fingerprint density at radius 3 is 0.512 bits per heavy atom. The Balaban J connectivity index is 1.34. The van der Waals surface area contributed by atoms with Crippen LogP contribution in [-0.4, -0.2) is 189 Å². The highest BCUT2D eigenvalue weighted by molar-refractivity contribution is 5.71. The van der Waals surface area contributed by atoms with Crippen LogP contribution in [0, 0.1) is 0 Å². The third kappa shape index (κ3) is 25.5. The van der Waals surface area contributed by atoms with Gasteiger partial charge < -0.3 is 65.0 Å². The van der Waals surface area contributed by atoms with E-state index >= 15 is 0 Å². The molecule has 0 aromatic heterocycles. The normalized spacial score (nSPS) is 24.9. The molecule has 0 aliphatic carbocycles. The molecule has 0 unspecified atom stereocenters. The van der Waals surface area contributed by atoms with Crippen LogP contribution in [-0.2, 0) is 47.7 Å². The van der Waals surface area contributed by atoms with Crippen molar-refractivity contribution in [1.82, 2.24) is 41.3 Å². The minimum atomic E-state index is -0.276. The molecule has 18 heteroatoms. The fourth-order valence-corrected chi connectivity index (χ4v) is 15.6. The van der Waals surface area contributed by atoms with Gasteiger partial charge in [0.2, 0.25) is 0 Å². The van der Waals surface area contributed by atoms with Gasteiger partial charge in [0, 0.05) is 179 Å². The van der Waals surface area contributed by atoms with Crippen molar-refractivity contribution in [3.63, 3.8) is 0 Å². The Bertz CT molecular complexity index is 1840. The van der Waals surface area contributed by atoms with Crippen LogP contribution in [0.5, 0.6) is 0 Å². The summed E-state index contributed by atoms with van der Waals surface area (Å²) in [6.45, 7) is 46.5. The number of nitrogens with one attached hydrogen (secondary N) is 5. The fraction of sp³-hybridized carbons (Fsp3) is 0.922. The molecule has 0 bridgehead atoms. The van der Waals surface area contributed by atoms with Crippen molar-refractivity contribution in [2.75, 3.05) is 58.9 Å². The van der Waals surface area contributed by atoms with Crippen molar-refractivity contribution < 1.29 is 47.7 Å². The van der Waals surface area contributed by atoms with Gasteiger partial charge in [-0.3, -0.25) is 24.0 Å². The second kappa shape index (κ2) is 27.4. The van der Waals surface area contributed by atoms with Gasteiger partial charge in [-0.05, 0) is 138 Å². The average molecular weight is 1160 g/mol. The summed E-state index contributed by atoms with van der Waals surface area (Å²) >= 11 is 0. The number of rotatable bonds is 26. The molecule has 5 heterocycles. The zero-order valence-electron chi connectivity index (χ0n) is 55.3. The van der Waals surface area contributed by atoms with Gasteiger partial charge in [-0.1, -0.05) is 0 Å². The summed E-state index contributed by atoms with van der Waals surface area (Å²) in [5.41, 5.74) is -1.96. The van der Waals surface area contributed by atoms with E-state index in [2.05, 4.69) is 180 Å². The monoisotopic (exact) mass is 1160 g/mol. The molecule has 474 valence electrons. The molecule has 0 amide bonds. The zero-order valence-corrected chi connectivity index (χ0v) is 55.3. The number of carbonyl (C=O) groups is 5. The molecule has 0 spiro atoms. The van der Waals surface area contributed by atoms with Gasteiger partial charge >= 0.3 is 29.8 Å². The third-order valence-corrected chi connectivity index (χ3v) is 16.9. The van der Waals surface area contributed by atoms with Crippen molar-refractivity contribution >= 4 is 29.8 Å². The number of hydrogen-bond donors (Lipinski definition) is 5. The lowest BCUT2D eigenvalue weighted by molar-refractivity contribution is -0.155. The molecule has 0 radical (unpaired) electrons. The second-order valence-electron chi connectivity index (χ2n) is 32.3. The van der Waals surface area contributed by atoms with E-state index in [0.717, 1.165) is 0 Å². The van der Waals surface area contributed by atoms with Crippen LogP contribution >= 0.6 is 0 Å². The van der Waals surface area contributed by atoms with Crippen LogP contribution < -0.4 is 26.6 Å². The third-order valence-electron chi connectivity index (χ3n) is 16.9. The molecule has 5 aliphatic heterocycles. The number of ether oxygens (including phenoxy) is 5. The number of esters is 5. The highest BCUT2D eigenvalue weighted by Gasteiger charge is 2.44. The Hall–Kier alpha value is -2.97. The first-order valence-electron chi connectivity index (χ1n) is 31.5. The number of nitrogens with zero attached hydrogens (tertiary/aromatic N) is 3. The van der Waals surface area contributed by atoms with E-state index in [1.165, 1.54) is 0 Å². The van der Waals surface area contributed by atoms with Gasteiger partial charge in [-0.2, -0.15) is 0 Å². The predicted molar refractivity (Wildman–Crippen MR) is 324 cm³/mol. The van der Waals surface area contributed by atoms with Crippen molar-refractivity contribution in [2.24, 2.45) is 0 Å². The fourth-order valence-electron chi connectivity index (χ4n) is 15.6. The Labute approximate surface area is 496 Å². The molecular weight excluding hydrogens is 1040 g/mol. The average Bonchev–Trinajstić information content (AvgIpc) is 3.26. The van der Waals surface area contributed by atoms with E-state index in [4.69, 9.17) is 23.7 Å². The van der Waals surface area contributed by atoms with E-state index < -0.39 is 0 Å². The Morgan fingerprint density at radius 2 is 0.378 bits per heavy atom. The van der Waals surface area contributed by atoms with Crippen LogP contribution in [0.25, 0.3) is 0 Å². The number of carbonyl (C=O) groups excluding carboxylic acids is 5. The van der Waals surface area contributed by atoms with Gasteiger partial charge in [-0.15, -0.1) is 0 Å². The molecule has 0 saturated carbocycles. The van der Waals surface area contributed by atoms with Gasteiger partial charge in [0.25, 0.3) is 0 Å². The molecule has 82 heavy (non-hydrogen) atoms. The van der Waals surface area contributed by atoms with Crippen molar-refractivity contribution in [2.45, 2.75) is 321 Å². The van der Waals surface area contributed by atoms with Crippen LogP contribution in [0.15, 0.2) is 0 Å². The molecular formula is C64H118N8O10. The van der Waals surface area contributed by atoms with E-state index in [-0.39, 0.29) is 148 Å². The lowest BCUT2D eigenvalue weighted by Crippen LogP contribution is -2.59. The maximum absolute atomic E-state index is 13.9. The number of hydrogen-bond acceptors (Lipinski definition) is 18. The molecule has 0 aromatic rings. The van der Waals surface area contributed by atoms with E-state index in [9.17, 15) is 24.0 Å². The highest BCUT2D eigenvalue weighted by Crippen LogP contribution is 2.35. The summed E-state index contributed by atoms with van der Waals surface area (Å²) in [5.74, 6) is -1.37. The maximum Gasteiger partial charge on any atom is 0.307 e. The summed E-state index contributed by atoms with van der Waals surface area (Å²) in [5, 5.41) is 18.4. The topological polar surface area (TPSA) is 201 Å². The van der Waals surface area contributed by atoms with Crippen LogP contribution in [0.2, 0.25) is 0 Å². The highest BCUT2D eigenvalue weighted by atomic mass is 16.6. The maximum atomic E-state index is 13.9. The molecule has 5 fully saturated rings. The van der Waals surface area contributed by atoms with Gasteiger partial charge in [0.05, 0.1) is 32.1 Å². The SMILES string of the molecule is CC1(C)CC(OC(=O)CCN(CCC(=O)OC2CC(C)(C)NC(C)(C)C2)CCN(CCC(=O)OC2CC(C)(C)NC(C)(C)C2)CCN(CCC(=O)OC2CC(C)(C)NC(C)(C)C2)CCC(=O)OC2CC(C)(C)NC(C)(C)C2)CC(C)(C)N1. The van der Waals surface area contributed by atoms with Gasteiger partial charge in [-0.25, -0.2) is 0 Å². The van der Waals surface area contributed by atoms with Crippen LogP contribution in [0.3, 0.4) is 0 Å². The minimum Gasteiger partial charge on any atom is -0.462 e. The first-order chi connectivity index (χ1) is 37.3. The van der Waals surface area contributed by atoms with E-state index in [1.54, 1.807) is 0 Å². The summed E-state index contributed by atoms with van der Waals surface area (Å²) in [6, 6.07) is 0. The van der Waals surface area contributed by atoms with Gasteiger partial charge in [0.1, 0.15) is 30.5 Å².